The summed E-state index contributed by atoms with van der Waals surface area (Å²) < 4.78 is 0. The van der Waals surface area contributed by atoms with Gasteiger partial charge in [0, 0.05) is 44.3 Å². The summed E-state index contributed by atoms with van der Waals surface area (Å²) in [5, 5.41) is 9.07. The molecule has 3 aromatic rings. The van der Waals surface area contributed by atoms with E-state index in [9.17, 15) is 0 Å². The summed E-state index contributed by atoms with van der Waals surface area (Å²) in [7, 11) is 3.91. The zero-order valence-corrected chi connectivity index (χ0v) is 15.3. The lowest BCUT2D eigenvalue weighted by Gasteiger charge is -2.21. The van der Waals surface area contributed by atoms with Crippen LogP contribution in [0.5, 0.6) is 0 Å². The Bertz CT molecular complexity index is 817. The Morgan fingerprint density at radius 2 is 2.21 bits per heavy atom. The van der Waals surface area contributed by atoms with Crippen molar-refractivity contribution < 1.29 is 0 Å². The van der Waals surface area contributed by atoms with E-state index in [4.69, 9.17) is 0 Å². The first-order chi connectivity index (χ1) is 11.7. The Morgan fingerprint density at radius 3 is 2.96 bits per heavy atom. The number of thiophene rings is 1. The first-order valence-corrected chi connectivity index (χ1v) is 9.11. The molecule has 0 unspecified atom stereocenters. The molecule has 2 aromatic heterocycles. The molecular formula is C19H24N4S. The highest BCUT2D eigenvalue weighted by Gasteiger charge is 2.08. The number of aryl methyl sites for hydroxylation is 1. The number of rotatable bonds is 5. The zero-order chi connectivity index (χ0) is 16.9. The summed E-state index contributed by atoms with van der Waals surface area (Å²) in [6, 6.07) is 8.60. The number of nitrogens with zero attached hydrogens (tertiary/aromatic N) is 2. The number of aromatic amines is 1. The number of aliphatic imine (C=N–C) groups is 1. The average molecular weight is 340 g/mol. The minimum Gasteiger partial charge on any atom is -0.361 e. The van der Waals surface area contributed by atoms with E-state index >= 15 is 0 Å². The van der Waals surface area contributed by atoms with Crippen LogP contribution in [0.25, 0.3) is 10.9 Å². The minimum atomic E-state index is 0.863. The fourth-order valence-electron chi connectivity index (χ4n) is 3.00. The van der Waals surface area contributed by atoms with Gasteiger partial charge in [-0.15, -0.1) is 0 Å². The number of nitrogens with one attached hydrogen (secondary N) is 2. The first-order valence-electron chi connectivity index (χ1n) is 8.17. The highest BCUT2D eigenvalue weighted by Crippen LogP contribution is 2.21. The molecule has 0 radical (unpaired) electrons. The van der Waals surface area contributed by atoms with Crippen LogP contribution in [0.4, 0.5) is 0 Å². The van der Waals surface area contributed by atoms with E-state index < -0.39 is 0 Å². The van der Waals surface area contributed by atoms with Crippen molar-refractivity contribution in [2.75, 3.05) is 20.6 Å². The smallest absolute Gasteiger partial charge is 0.193 e. The number of aromatic nitrogens is 1. The molecule has 0 aliphatic carbocycles. The molecule has 2 N–H and O–H groups in total. The molecule has 0 saturated heterocycles. The maximum atomic E-state index is 4.39. The van der Waals surface area contributed by atoms with Crippen LogP contribution >= 0.6 is 11.3 Å². The summed E-state index contributed by atoms with van der Waals surface area (Å²) in [5.41, 5.74) is 5.19. The molecule has 3 rings (SSSR count). The molecule has 24 heavy (non-hydrogen) atoms. The average Bonchev–Trinajstić information content (AvgIpc) is 3.22. The molecule has 1 aromatic carbocycles. The Morgan fingerprint density at radius 1 is 1.33 bits per heavy atom. The lowest BCUT2D eigenvalue weighted by Crippen LogP contribution is -2.39. The van der Waals surface area contributed by atoms with Crippen molar-refractivity contribution in [2.24, 2.45) is 4.99 Å². The maximum absolute atomic E-state index is 4.39. The third kappa shape index (κ3) is 3.62. The lowest BCUT2D eigenvalue weighted by atomic mass is 10.1. The molecule has 0 fully saturated rings. The Balaban J connectivity index is 1.59. The van der Waals surface area contributed by atoms with Gasteiger partial charge in [-0.3, -0.25) is 4.99 Å². The van der Waals surface area contributed by atoms with Gasteiger partial charge in [0.05, 0.1) is 0 Å². The van der Waals surface area contributed by atoms with Crippen LogP contribution in [-0.2, 0) is 13.0 Å². The summed E-state index contributed by atoms with van der Waals surface area (Å²) in [4.78, 5) is 9.94. The number of hydrogen-bond donors (Lipinski definition) is 2. The lowest BCUT2D eigenvalue weighted by molar-refractivity contribution is 0.478. The second-order valence-electron chi connectivity index (χ2n) is 6.02. The fourth-order valence-corrected chi connectivity index (χ4v) is 3.66. The predicted octanol–water partition coefficient (Wildman–Crippen LogP) is 3.79. The van der Waals surface area contributed by atoms with Crippen LogP contribution in [0, 0.1) is 6.92 Å². The number of fused-ring (bicyclic) bond motifs is 1. The van der Waals surface area contributed by atoms with E-state index in [1.165, 1.54) is 27.6 Å². The Labute approximate surface area is 147 Å². The van der Waals surface area contributed by atoms with Crippen molar-refractivity contribution in [3.63, 3.8) is 0 Å². The number of para-hydroxylation sites is 1. The summed E-state index contributed by atoms with van der Waals surface area (Å²) >= 11 is 1.73. The van der Waals surface area contributed by atoms with E-state index in [1.807, 2.05) is 7.05 Å². The van der Waals surface area contributed by atoms with Gasteiger partial charge in [0.2, 0.25) is 0 Å². The third-order valence-electron chi connectivity index (χ3n) is 4.26. The van der Waals surface area contributed by atoms with Gasteiger partial charge >= 0.3 is 0 Å². The summed E-state index contributed by atoms with van der Waals surface area (Å²) in [5.74, 6) is 0.928. The van der Waals surface area contributed by atoms with Crippen molar-refractivity contribution in [1.29, 1.82) is 0 Å². The van der Waals surface area contributed by atoms with Gasteiger partial charge in [0.15, 0.2) is 5.96 Å². The monoisotopic (exact) mass is 340 g/mol. The van der Waals surface area contributed by atoms with E-state index in [0.29, 0.717) is 0 Å². The van der Waals surface area contributed by atoms with Crippen molar-refractivity contribution in [3.05, 3.63) is 57.9 Å². The van der Waals surface area contributed by atoms with Gasteiger partial charge in [0.1, 0.15) is 0 Å². The highest BCUT2D eigenvalue weighted by molar-refractivity contribution is 7.07. The van der Waals surface area contributed by atoms with Gasteiger partial charge in [-0.1, -0.05) is 18.2 Å². The number of hydrogen-bond acceptors (Lipinski definition) is 2. The highest BCUT2D eigenvalue weighted by atomic mass is 32.1. The zero-order valence-electron chi connectivity index (χ0n) is 14.5. The molecule has 0 atom stereocenters. The van der Waals surface area contributed by atoms with Crippen molar-refractivity contribution in [2.45, 2.75) is 19.9 Å². The second kappa shape index (κ2) is 7.53. The molecular weight excluding hydrogens is 316 g/mol. The minimum absolute atomic E-state index is 0.863. The van der Waals surface area contributed by atoms with E-state index in [2.05, 4.69) is 75.4 Å². The molecule has 5 heteroatoms. The predicted molar refractivity (Wildman–Crippen MR) is 104 cm³/mol. The number of H-pyrrole nitrogens is 1. The van der Waals surface area contributed by atoms with Crippen LogP contribution in [-0.4, -0.2) is 36.5 Å². The molecule has 2 heterocycles. The van der Waals surface area contributed by atoms with Crippen molar-refractivity contribution in [1.82, 2.24) is 15.2 Å². The maximum Gasteiger partial charge on any atom is 0.193 e. The SMILES string of the molecule is CN=C(NCCc1c[nH]c2c(C)cccc12)N(C)Cc1ccsc1. The first kappa shape index (κ1) is 16.6. The van der Waals surface area contributed by atoms with E-state index in [0.717, 1.165) is 25.5 Å². The van der Waals surface area contributed by atoms with Gasteiger partial charge in [-0.05, 0) is 46.9 Å². The van der Waals surface area contributed by atoms with E-state index in [1.54, 1.807) is 11.3 Å². The van der Waals surface area contributed by atoms with Crippen LogP contribution in [0.1, 0.15) is 16.7 Å². The number of benzene rings is 1. The van der Waals surface area contributed by atoms with Crippen LogP contribution in [0.15, 0.2) is 46.2 Å². The Hall–Kier alpha value is -2.27. The van der Waals surface area contributed by atoms with Crippen molar-refractivity contribution in [3.8, 4) is 0 Å². The summed E-state index contributed by atoms with van der Waals surface area (Å²) in [6.45, 7) is 3.87. The Kier molecular flexibility index (Phi) is 5.20. The second-order valence-corrected chi connectivity index (χ2v) is 6.80. The molecule has 0 saturated carbocycles. The van der Waals surface area contributed by atoms with Crippen molar-refractivity contribution >= 4 is 28.2 Å². The molecule has 0 bridgehead atoms. The van der Waals surface area contributed by atoms with Gasteiger partial charge in [0.25, 0.3) is 0 Å². The fraction of sp³-hybridized carbons (Fsp3) is 0.316. The van der Waals surface area contributed by atoms with Gasteiger partial charge in [-0.2, -0.15) is 11.3 Å². The molecule has 0 amide bonds. The largest absolute Gasteiger partial charge is 0.361 e. The molecule has 126 valence electrons. The third-order valence-corrected chi connectivity index (χ3v) is 4.99. The molecule has 0 aliphatic heterocycles. The normalized spacial score (nSPS) is 11.9. The topological polar surface area (TPSA) is 43.4 Å². The molecule has 0 spiro atoms. The van der Waals surface area contributed by atoms with Crippen LogP contribution in [0.2, 0.25) is 0 Å². The van der Waals surface area contributed by atoms with E-state index in [-0.39, 0.29) is 0 Å². The van der Waals surface area contributed by atoms with Crippen LogP contribution in [0.3, 0.4) is 0 Å². The van der Waals surface area contributed by atoms with Gasteiger partial charge in [-0.25, -0.2) is 0 Å². The molecule has 0 aliphatic rings. The number of guanidine groups is 1. The van der Waals surface area contributed by atoms with Gasteiger partial charge < -0.3 is 15.2 Å². The quantitative estimate of drug-likeness (QED) is 0.548. The van der Waals surface area contributed by atoms with Crippen LogP contribution < -0.4 is 5.32 Å². The molecule has 4 nitrogen and oxygen atoms in total. The standard InChI is InChI=1S/C19H24N4S/c1-14-5-4-6-17-16(11-22-18(14)17)7-9-21-19(20-2)23(3)12-15-8-10-24-13-15/h4-6,8,10-11,13,22H,7,9,12H2,1-3H3,(H,20,21). The summed E-state index contributed by atoms with van der Waals surface area (Å²) in [6.07, 6.45) is 3.09.